The summed E-state index contributed by atoms with van der Waals surface area (Å²) in [6.07, 6.45) is 27.3. The highest BCUT2D eigenvalue weighted by molar-refractivity contribution is 5.17. The van der Waals surface area contributed by atoms with Crippen molar-refractivity contribution < 1.29 is 0 Å². The van der Waals surface area contributed by atoms with Crippen molar-refractivity contribution in [1.82, 2.24) is 9.80 Å². The quantitative estimate of drug-likeness (QED) is 0.204. The molecule has 1 atom stereocenters. The standard InChI is InChI=1S/C29H50N2/c1-3-5-7-9-10-11-12-13-14-15-20-24-31-26-25-30(23-19-8-6-4-2)29(31)27-28-21-17-16-18-22-28/h16-18,21-22,25-26,29H,3-15,19-20,23-24,27H2,1-2H3. The van der Waals surface area contributed by atoms with Gasteiger partial charge in [-0.1, -0.05) is 128 Å². The molecule has 0 amide bonds. The predicted molar refractivity (Wildman–Crippen MR) is 137 cm³/mol. The van der Waals surface area contributed by atoms with Crippen LogP contribution in [-0.4, -0.2) is 29.1 Å². The van der Waals surface area contributed by atoms with Crippen LogP contribution in [0.15, 0.2) is 42.7 Å². The van der Waals surface area contributed by atoms with E-state index in [0.29, 0.717) is 6.17 Å². The normalized spacial score (nSPS) is 15.9. The van der Waals surface area contributed by atoms with Crippen molar-refractivity contribution in [2.75, 3.05) is 13.1 Å². The summed E-state index contributed by atoms with van der Waals surface area (Å²) < 4.78 is 0. The zero-order chi connectivity index (χ0) is 22.0. The molecule has 0 saturated heterocycles. The molecule has 0 spiro atoms. The highest BCUT2D eigenvalue weighted by Gasteiger charge is 2.25. The number of unbranched alkanes of at least 4 members (excludes halogenated alkanes) is 13. The molecule has 1 aromatic carbocycles. The molecule has 1 unspecified atom stereocenters. The van der Waals surface area contributed by atoms with Gasteiger partial charge in [-0.25, -0.2) is 0 Å². The molecule has 2 rings (SSSR count). The van der Waals surface area contributed by atoms with Crippen molar-refractivity contribution in [2.24, 2.45) is 0 Å². The van der Waals surface area contributed by atoms with Gasteiger partial charge in [-0.3, -0.25) is 0 Å². The summed E-state index contributed by atoms with van der Waals surface area (Å²) in [5.74, 6) is 0. The molecule has 0 radical (unpaired) electrons. The van der Waals surface area contributed by atoms with Gasteiger partial charge in [-0.15, -0.1) is 0 Å². The van der Waals surface area contributed by atoms with E-state index in [-0.39, 0.29) is 0 Å². The Morgan fingerprint density at radius 1 is 0.548 bits per heavy atom. The van der Waals surface area contributed by atoms with Gasteiger partial charge >= 0.3 is 0 Å². The summed E-state index contributed by atoms with van der Waals surface area (Å²) in [6, 6.07) is 11.1. The lowest BCUT2D eigenvalue weighted by molar-refractivity contribution is 0.148. The number of benzene rings is 1. The minimum atomic E-state index is 0.507. The van der Waals surface area contributed by atoms with E-state index in [2.05, 4.69) is 66.4 Å². The fraction of sp³-hybridized carbons (Fsp3) is 0.724. The Morgan fingerprint density at radius 3 is 1.45 bits per heavy atom. The molecular weight excluding hydrogens is 376 g/mol. The molecule has 1 aliphatic rings. The van der Waals surface area contributed by atoms with Gasteiger partial charge in [0.1, 0.15) is 6.17 Å². The first-order chi connectivity index (χ1) is 15.3. The molecular formula is C29H50N2. The van der Waals surface area contributed by atoms with E-state index >= 15 is 0 Å². The third-order valence-electron chi connectivity index (χ3n) is 6.77. The van der Waals surface area contributed by atoms with Crippen LogP contribution in [0.25, 0.3) is 0 Å². The van der Waals surface area contributed by atoms with Crippen LogP contribution in [0.5, 0.6) is 0 Å². The van der Waals surface area contributed by atoms with E-state index in [1.165, 1.54) is 115 Å². The number of hydrogen-bond acceptors (Lipinski definition) is 2. The second-order valence-corrected chi connectivity index (χ2v) is 9.54. The van der Waals surface area contributed by atoms with Crippen molar-refractivity contribution >= 4 is 0 Å². The number of rotatable bonds is 19. The lowest BCUT2D eigenvalue weighted by Gasteiger charge is -2.33. The molecule has 1 heterocycles. The summed E-state index contributed by atoms with van der Waals surface area (Å²) in [7, 11) is 0. The fourth-order valence-corrected chi connectivity index (χ4v) is 4.75. The van der Waals surface area contributed by atoms with E-state index in [0.717, 1.165) is 6.42 Å². The average molecular weight is 427 g/mol. The van der Waals surface area contributed by atoms with Crippen LogP contribution in [0.2, 0.25) is 0 Å². The summed E-state index contributed by atoms with van der Waals surface area (Å²) in [5.41, 5.74) is 1.46. The Kier molecular flexibility index (Phi) is 14.3. The van der Waals surface area contributed by atoms with Gasteiger partial charge in [0.05, 0.1) is 0 Å². The molecule has 1 aromatic rings. The van der Waals surface area contributed by atoms with Crippen molar-refractivity contribution in [2.45, 2.75) is 123 Å². The second-order valence-electron chi connectivity index (χ2n) is 9.54. The van der Waals surface area contributed by atoms with Crippen molar-refractivity contribution in [1.29, 1.82) is 0 Å². The second kappa shape index (κ2) is 17.2. The maximum absolute atomic E-state index is 2.61. The van der Waals surface area contributed by atoms with Crippen molar-refractivity contribution in [3.8, 4) is 0 Å². The van der Waals surface area contributed by atoms with E-state index in [4.69, 9.17) is 0 Å². The zero-order valence-electron chi connectivity index (χ0n) is 20.7. The largest absolute Gasteiger partial charge is 0.356 e. The summed E-state index contributed by atoms with van der Waals surface area (Å²) in [6.45, 7) is 7.00. The minimum absolute atomic E-state index is 0.507. The van der Waals surface area contributed by atoms with Gasteiger partial charge in [-0.2, -0.15) is 0 Å². The number of hydrogen-bond donors (Lipinski definition) is 0. The van der Waals surface area contributed by atoms with Crippen LogP contribution in [-0.2, 0) is 6.42 Å². The van der Waals surface area contributed by atoms with Crippen molar-refractivity contribution in [3.05, 3.63) is 48.3 Å². The van der Waals surface area contributed by atoms with E-state index < -0.39 is 0 Å². The fourth-order valence-electron chi connectivity index (χ4n) is 4.75. The van der Waals surface area contributed by atoms with E-state index in [9.17, 15) is 0 Å². The first kappa shape index (κ1) is 25.8. The predicted octanol–water partition coefficient (Wildman–Crippen LogP) is 8.54. The monoisotopic (exact) mass is 426 g/mol. The van der Waals surface area contributed by atoms with Crippen LogP contribution in [0, 0.1) is 0 Å². The Morgan fingerprint density at radius 2 is 0.968 bits per heavy atom. The Bertz CT molecular complexity index is 553. The summed E-state index contributed by atoms with van der Waals surface area (Å²) >= 11 is 0. The first-order valence-electron chi connectivity index (χ1n) is 13.6. The lowest BCUT2D eigenvalue weighted by atomic mass is 10.1. The van der Waals surface area contributed by atoms with Gasteiger partial charge in [0.25, 0.3) is 0 Å². The Hall–Kier alpha value is -1.44. The Balaban J connectivity index is 1.65. The molecule has 2 heteroatoms. The molecule has 0 saturated carbocycles. The van der Waals surface area contributed by atoms with Gasteiger partial charge < -0.3 is 9.80 Å². The maximum Gasteiger partial charge on any atom is 0.105 e. The highest BCUT2D eigenvalue weighted by Crippen LogP contribution is 2.22. The lowest BCUT2D eigenvalue weighted by Crippen LogP contribution is -2.41. The molecule has 31 heavy (non-hydrogen) atoms. The first-order valence-corrected chi connectivity index (χ1v) is 13.6. The van der Waals surface area contributed by atoms with E-state index in [1.807, 2.05) is 0 Å². The molecule has 0 bridgehead atoms. The molecule has 176 valence electrons. The number of nitrogens with zero attached hydrogens (tertiary/aromatic N) is 2. The third-order valence-corrected chi connectivity index (χ3v) is 6.77. The highest BCUT2D eigenvalue weighted by atomic mass is 15.4. The third kappa shape index (κ3) is 11.1. The molecule has 2 nitrogen and oxygen atoms in total. The van der Waals surface area contributed by atoms with Gasteiger partial charge in [-0.05, 0) is 18.4 Å². The SMILES string of the molecule is CCCCCCCCCCCCCN1C=CN(CCCCCC)C1Cc1ccccc1. The molecule has 0 aliphatic carbocycles. The van der Waals surface area contributed by atoms with Crippen LogP contribution in [0.1, 0.15) is 116 Å². The Labute approximate surface area is 194 Å². The molecule has 0 fully saturated rings. The minimum Gasteiger partial charge on any atom is -0.356 e. The maximum atomic E-state index is 2.61. The van der Waals surface area contributed by atoms with Gasteiger partial charge in [0, 0.05) is 31.9 Å². The molecule has 0 N–H and O–H groups in total. The van der Waals surface area contributed by atoms with Crippen LogP contribution in [0.3, 0.4) is 0 Å². The summed E-state index contributed by atoms with van der Waals surface area (Å²) in [5, 5.41) is 0. The molecule has 1 aliphatic heterocycles. The van der Waals surface area contributed by atoms with Crippen LogP contribution in [0.4, 0.5) is 0 Å². The van der Waals surface area contributed by atoms with Crippen LogP contribution >= 0.6 is 0 Å². The topological polar surface area (TPSA) is 6.48 Å². The average Bonchev–Trinajstić information content (AvgIpc) is 3.17. The van der Waals surface area contributed by atoms with Crippen LogP contribution < -0.4 is 0 Å². The van der Waals surface area contributed by atoms with Gasteiger partial charge in [0.2, 0.25) is 0 Å². The summed E-state index contributed by atoms with van der Waals surface area (Å²) in [4.78, 5) is 5.21. The zero-order valence-corrected chi connectivity index (χ0v) is 20.7. The van der Waals surface area contributed by atoms with Gasteiger partial charge in [0.15, 0.2) is 0 Å². The smallest absolute Gasteiger partial charge is 0.105 e. The van der Waals surface area contributed by atoms with E-state index in [1.54, 1.807) is 0 Å². The molecule has 0 aromatic heterocycles. The van der Waals surface area contributed by atoms with Crippen molar-refractivity contribution in [3.63, 3.8) is 0 Å².